The summed E-state index contributed by atoms with van der Waals surface area (Å²) in [4.78, 5) is 17.2. The van der Waals surface area contributed by atoms with E-state index in [1.165, 1.54) is 11.1 Å². The molecule has 0 aliphatic carbocycles. The molecule has 0 bridgehead atoms. The summed E-state index contributed by atoms with van der Waals surface area (Å²) in [7, 11) is 1.67. The normalized spacial score (nSPS) is 15.3. The third kappa shape index (κ3) is 4.58. The van der Waals surface area contributed by atoms with Crippen molar-refractivity contribution in [2.24, 2.45) is 0 Å². The largest absolute Gasteiger partial charge is 0.497 e. The summed E-state index contributed by atoms with van der Waals surface area (Å²) in [5.41, 5.74) is 3.56. The van der Waals surface area contributed by atoms with Gasteiger partial charge in [0.15, 0.2) is 6.10 Å². The number of amides is 1. The van der Waals surface area contributed by atoms with Crippen LogP contribution in [0.4, 0.5) is 5.69 Å². The fourth-order valence-corrected chi connectivity index (χ4v) is 3.44. The number of aryl methyl sites for hydroxylation is 2. The maximum absolute atomic E-state index is 13.0. The molecule has 3 rings (SSSR count). The average Bonchev–Trinajstić information content (AvgIpc) is 2.74. The van der Waals surface area contributed by atoms with Gasteiger partial charge in [-0.3, -0.25) is 4.79 Å². The Bertz CT molecular complexity index is 796. The minimum Gasteiger partial charge on any atom is -0.497 e. The van der Waals surface area contributed by atoms with Crippen molar-refractivity contribution in [2.45, 2.75) is 33.3 Å². The zero-order chi connectivity index (χ0) is 20.1. The van der Waals surface area contributed by atoms with Crippen molar-refractivity contribution in [3.05, 3.63) is 53.6 Å². The molecule has 0 spiro atoms. The zero-order valence-corrected chi connectivity index (χ0v) is 17.3. The van der Waals surface area contributed by atoms with E-state index in [9.17, 15) is 4.79 Å². The van der Waals surface area contributed by atoms with Gasteiger partial charge in [0.25, 0.3) is 5.91 Å². The molecule has 1 fully saturated rings. The van der Waals surface area contributed by atoms with Crippen LogP contribution in [0.25, 0.3) is 0 Å². The molecule has 5 nitrogen and oxygen atoms in total. The first kappa shape index (κ1) is 20.1. The number of nitrogens with zero attached hydrogens (tertiary/aromatic N) is 2. The van der Waals surface area contributed by atoms with Crippen molar-refractivity contribution < 1.29 is 14.3 Å². The molecule has 1 amide bonds. The van der Waals surface area contributed by atoms with Crippen LogP contribution in [-0.4, -0.2) is 50.2 Å². The standard InChI is InChI=1S/C23H30N2O3/c1-5-22(28-21-9-6-17(2)18(3)16-21)23(26)25-14-12-24(13-15-25)19-7-10-20(27-4)11-8-19/h6-11,16,22H,5,12-15H2,1-4H3/t22-/m0/s1. The van der Waals surface area contributed by atoms with Crippen molar-refractivity contribution in [3.8, 4) is 11.5 Å². The third-order valence-corrected chi connectivity index (χ3v) is 5.43. The van der Waals surface area contributed by atoms with Crippen LogP contribution in [0, 0.1) is 13.8 Å². The molecule has 1 aliphatic heterocycles. The van der Waals surface area contributed by atoms with Gasteiger partial charge in [0, 0.05) is 31.9 Å². The summed E-state index contributed by atoms with van der Waals surface area (Å²) in [6.45, 7) is 9.18. The van der Waals surface area contributed by atoms with Gasteiger partial charge in [-0.05, 0) is 67.8 Å². The van der Waals surface area contributed by atoms with Gasteiger partial charge in [0.2, 0.25) is 0 Å². The maximum Gasteiger partial charge on any atom is 0.263 e. The molecule has 0 unspecified atom stereocenters. The van der Waals surface area contributed by atoms with Gasteiger partial charge in [0.05, 0.1) is 7.11 Å². The van der Waals surface area contributed by atoms with Gasteiger partial charge in [0.1, 0.15) is 11.5 Å². The van der Waals surface area contributed by atoms with Crippen LogP contribution in [0.5, 0.6) is 11.5 Å². The molecule has 0 radical (unpaired) electrons. The quantitative estimate of drug-likeness (QED) is 0.762. The maximum atomic E-state index is 13.0. The van der Waals surface area contributed by atoms with Crippen LogP contribution < -0.4 is 14.4 Å². The minimum absolute atomic E-state index is 0.0788. The van der Waals surface area contributed by atoms with Crippen molar-refractivity contribution >= 4 is 11.6 Å². The first-order chi connectivity index (χ1) is 13.5. The summed E-state index contributed by atoms with van der Waals surface area (Å²) in [6.07, 6.45) is 0.222. The Labute approximate surface area is 167 Å². The van der Waals surface area contributed by atoms with Crippen molar-refractivity contribution in [3.63, 3.8) is 0 Å². The van der Waals surface area contributed by atoms with Crippen LogP contribution in [-0.2, 0) is 4.79 Å². The molecule has 1 aliphatic rings. The SMILES string of the molecule is CC[C@H](Oc1ccc(C)c(C)c1)C(=O)N1CCN(c2ccc(OC)cc2)CC1. The van der Waals surface area contributed by atoms with E-state index in [4.69, 9.17) is 9.47 Å². The van der Waals surface area contributed by atoms with E-state index >= 15 is 0 Å². The van der Waals surface area contributed by atoms with E-state index in [0.717, 1.165) is 30.3 Å². The Morgan fingerprint density at radius 3 is 2.18 bits per heavy atom. The number of hydrogen-bond acceptors (Lipinski definition) is 4. The number of rotatable bonds is 6. The Kier molecular flexibility index (Phi) is 6.45. The molecule has 150 valence electrons. The van der Waals surface area contributed by atoms with Crippen LogP contribution in [0.15, 0.2) is 42.5 Å². The number of benzene rings is 2. The summed E-state index contributed by atoms with van der Waals surface area (Å²) in [5.74, 6) is 1.70. The number of methoxy groups -OCH3 is 1. The molecular weight excluding hydrogens is 352 g/mol. The summed E-state index contributed by atoms with van der Waals surface area (Å²) >= 11 is 0. The second-order valence-corrected chi connectivity index (χ2v) is 7.27. The summed E-state index contributed by atoms with van der Waals surface area (Å²) in [6, 6.07) is 14.1. The lowest BCUT2D eigenvalue weighted by atomic mass is 10.1. The molecule has 2 aromatic carbocycles. The Hall–Kier alpha value is -2.69. The molecule has 0 aromatic heterocycles. The highest BCUT2D eigenvalue weighted by molar-refractivity contribution is 5.81. The lowest BCUT2D eigenvalue weighted by molar-refractivity contribution is -0.139. The first-order valence-corrected chi connectivity index (χ1v) is 9.93. The van der Waals surface area contributed by atoms with E-state index in [1.54, 1.807) is 7.11 Å². The Morgan fingerprint density at radius 2 is 1.61 bits per heavy atom. The third-order valence-electron chi connectivity index (χ3n) is 5.43. The smallest absolute Gasteiger partial charge is 0.263 e. The highest BCUT2D eigenvalue weighted by atomic mass is 16.5. The lowest BCUT2D eigenvalue weighted by Crippen LogP contribution is -2.52. The number of piperazine rings is 1. The average molecular weight is 383 g/mol. The molecule has 1 saturated heterocycles. The van der Waals surface area contributed by atoms with Crippen LogP contribution in [0.1, 0.15) is 24.5 Å². The topological polar surface area (TPSA) is 42.0 Å². The predicted octanol–water partition coefficient (Wildman–Crippen LogP) is 3.82. The monoisotopic (exact) mass is 382 g/mol. The Balaban J connectivity index is 1.58. The second-order valence-electron chi connectivity index (χ2n) is 7.27. The lowest BCUT2D eigenvalue weighted by Gasteiger charge is -2.37. The number of hydrogen-bond donors (Lipinski definition) is 0. The van der Waals surface area contributed by atoms with Gasteiger partial charge in [-0.25, -0.2) is 0 Å². The van der Waals surface area contributed by atoms with E-state index in [2.05, 4.69) is 30.9 Å². The predicted molar refractivity (Wildman–Crippen MR) is 112 cm³/mol. The number of carbonyl (C=O) groups excluding carboxylic acids is 1. The molecule has 0 N–H and O–H groups in total. The molecule has 28 heavy (non-hydrogen) atoms. The van der Waals surface area contributed by atoms with Gasteiger partial charge in [-0.2, -0.15) is 0 Å². The van der Waals surface area contributed by atoms with E-state index < -0.39 is 6.10 Å². The van der Waals surface area contributed by atoms with E-state index in [1.807, 2.05) is 42.2 Å². The molecule has 0 saturated carbocycles. The summed E-state index contributed by atoms with van der Waals surface area (Å²) in [5, 5.41) is 0. The second kappa shape index (κ2) is 9.00. The van der Waals surface area contributed by atoms with Crippen LogP contribution in [0.2, 0.25) is 0 Å². The zero-order valence-electron chi connectivity index (χ0n) is 17.3. The highest BCUT2D eigenvalue weighted by Crippen LogP contribution is 2.22. The van der Waals surface area contributed by atoms with Crippen LogP contribution in [0.3, 0.4) is 0 Å². The fourth-order valence-electron chi connectivity index (χ4n) is 3.44. The van der Waals surface area contributed by atoms with Gasteiger partial charge in [-0.1, -0.05) is 13.0 Å². The van der Waals surface area contributed by atoms with Crippen molar-refractivity contribution in [1.29, 1.82) is 0 Å². The number of carbonyl (C=O) groups is 1. The molecule has 2 aromatic rings. The van der Waals surface area contributed by atoms with E-state index in [-0.39, 0.29) is 5.91 Å². The highest BCUT2D eigenvalue weighted by Gasteiger charge is 2.28. The van der Waals surface area contributed by atoms with E-state index in [0.29, 0.717) is 19.5 Å². The molecule has 5 heteroatoms. The van der Waals surface area contributed by atoms with Gasteiger partial charge < -0.3 is 19.3 Å². The number of ether oxygens (including phenoxy) is 2. The van der Waals surface area contributed by atoms with Gasteiger partial charge >= 0.3 is 0 Å². The molecule has 1 heterocycles. The summed E-state index contributed by atoms with van der Waals surface area (Å²) < 4.78 is 11.3. The minimum atomic E-state index is -0.436. The van der Waals surface area contributed by atoms with Crippen LogP contribution >= 0.6 is 0 Å². The fraction of sp³-hybridized carbons (Fsp3) is 0.435. The van der Waals surface area contributed by atoms with Crippen molar-refractivity contribution in [2.75, 3.05) is 38.2 Å². The number of anilines is 1. The molecular formula is C23H30N2O3. The first-order valence-electron chi connectivity index (χ1n) is 9.93. The van der Waals surface area contributed by atoms with Gasteiger partial charge in [-0.15, -0.1) is 0 Å². The Morgan fingerprint density at radius 1 is 0.964 bits per heavy atom. The molecule has 1 atom stereocenters. The van der Waals surface area contributed by atoms with Crippen molar-refractivity contribution in [1.82, 2.24) is 4.90 Å².